The van der Waals surface area contributed by atoms with E-state index in [0.717, 1.165) is 34.7 Å². The number of thiophene rings is 1. The predicted molar refractivity (Wildman–Crippen MR) is 70.3 cm³/mol. The third kappa shape index (κ3) is 2.16. The summed E-state index contributed by atoms with van der Waals surface area (Å²) in [6, 6.07) is 2.15. The molecule has 0 aliphatic rings. The maximum atomic E-state index is 4.61. The van der Waals surface area contributed by atoms with Gasteiger partial charge in [0.05, 0.1) is 5.39 Å². The van der Waals surface area contributed by atoms with E-state index in [0.29, 0.717) is 0 Å². The molecule has 0 amide bonds. The molecule has 86 valence electrons. The van der Waals surface area contributed by atoms with Gasteiger partial charge in [-0.15, -0.1) is 11.3 Å². The number of aryl methyl sites for hydroxylation is 2. The van der Waals surface area contributed by atoms with Crippen molar-refractivity contribution in [3.63, 3.8) is 0 Å². The minimum absolute atomic E-state index is 0.959. The molecule has 0 aromatic carbocycles. The molecule has 2 aromatic heterocycles. The fourth-order valence-corrected chi connectivity index (χ4v) is 2.62. The van der Waals surface area contributed by atoms with Crippen LogP contribution in [-0.2, 0) is 6.42 Å². The number of unbranched alkanes of at least 4 members (excludes halogenated alkanes) is 1. The summed E-state index contributed by atoms with van der Waals surface area (Å²) < 4.78 is 0. The van der Waals surface area contributed by atoms with Crippen molar-refractivity contribution in [3.8, 4) is 0 Å². The van der Waals surface area contributed by atoms with Crippen LogP contribution in [0.25, 0.3) is 10.2 Å². The predicted octanol–water partition coefficient (Wildman–Crippen LogP) is 3.38. The fraction of sp³-hybridized carbons (Fsp3) is 0.500. The summed E-state index contributed by atoms with van der Waals surface area (Å²) in [5.41, 5.74) is 0. The first-order chi connectivity index (χ1) is 7.74. The standard InChI is InChI=1S/C12H17N3S/c1-4-5-6-10-14-11(13-3)9-7-8(2)16-12(9)15-10/h7H,4-6H2,1-3H3,(H,13,14,15). The minimum atomic E-state index is 0.959. The summed E-state index contributed by atoms with van der Waals surface area (Å²) in [5, 5.41) is 4.30. The molecule has 0 aliphatic heterocycles. The van der Waals surface area contributed by atoms with Gasteiger partial charge in [0, 0.05) is 18.3 Å². The highest BCUT2D eigenvalue weighted by Gasteiger charge is 2.08. The van der Waals surface area contributed by atoms with Gasteiger partial charge in [-0.25, -0.2) is 9.97 Å². The SMILES string of the molecule is CCCCc1nc(NC)c2cc(C)sc2n1. The van der Waals surface area contributed by atoms with Gasteiger partial charge in [0.25, 0.3) is 0 Å². The van der Waals surface area contributed by atoms with Gasteiger partial charge < -0.3 is 5.32 Å². The summed E-state index contributed by atoms with van der Waals surface area (Å²) >= 11 is 1.74. The summed E-state index contributed by atoms with van der Waals surface area (Å²) in [6.07, 6.45) is 3.30. The van der Waals surface area contributed by atoms with Gasteiger partial charge in [-0.3, -0.25) is 0 Å². The van der Waals surface area contributed by atoms with Gasteiger partial charge in [0.15, 0.2) is 0 Å². The highest BCUT2D eigenvalue weighted by molar-refractivity contribution is 7.18. The van der Waals surface area contributed by atoms with Gasteiger partial charge in [-0.05, 0) is 19.4 Å². The first-order valence-electron chi connectivity index (χ1n) is 5.69. The molecular formula is C12H17N3S. The number of aromatic nitrogens is 2. The zero-order valence-corrected chi connectivity index (χ0v) is 10.8. The third-order valence-electron chi connectivity index (χ3n) is 2.55. The van der Waals surface area contributed by atoms with Gasteiger partial charge in [0.1, 0.15) is 16.5 Å². The van der Waals surface area contributed by atoms with Crippen LogP contribution in [0.1, 0.15) is 30.5 Å². The first kappa shape index (κ1) is 11.3. The smallest absolute Gasteiger partial charge is 0.138 e. The van der Waals surface area contributed by atoms with E-state index in [1.165, 1.54) is 11.3 Å². The Bertz CT molecular complexity index is 490. The van der Waals surface area contributed by atoms with E-state index in [4.69, 9.17) is 0 Å². The number of nitrogens with one attached hydrogen (secondary N) is 1. The van der Waals surface area contributed by atoms with Gasteiger partial charge in [-0.1, -0.05) is 13.3 Å². The number of fused-ring (bicyclic) bond motifs is 1. The van der Waals surface area contributed by atoms with Crippen LogP contribution >= 0.6 is 11.3 Å². The maximum absolute atomic E-state index is 4.61. The van der Waals surface area contributed by atoms with Gasteiger partial charge in [0.2, 0.25) is 0 Å². The second-order valence-electron chi connectivity index (χ2n) is 3.92. The Labute approximate surface area is 99.9 Å². The quantitative estimate of drug-likeness (QED) is 0.882. The van der Waals surface area contributed by atoms with Gasteiger partial charge in [-0.2, -0.15) is 0 Å². The van der Waals surface area contributed by atoms with Crippen molar-refractivity contribution in [1.29, 1.82) is 0 Å². The maximum Gasteiger partial charge on any atom is 0.138 e. The van der Waals surface area contributed by atoms with Crippen LogP contribution in [0, 0.1) is 6.92 Å². The van der Waals surface area contributed by atoms with Crippen molar-refractivity contribution in [2.24, 2.45) is 0 Å². The number of anilines is 1. The highest BCUT2D eigenvalue weighted by atomic mass is 32.1. The molecule has 0 unspecified atom stereocenters. The highest BCUT2D eigenvalue weighted by Crippen LogP contribution is 2.28. The van der Waals surface area contributed by atoms with E-state index >= 15 is 0 Å². The van der Waals surface area contributed by atoms with Crippen LogP contribution in [-0.4, -0.2) is 17.0 Å². The molecule has 16 heavy (non-hydrogen) atoms. The fourth-order valence-electron chi connectivity index (χ4n) is 1.72. The Balaban J connectivity index is 2.45. The normalized spacial score (nSPS) is 10.9. The average molecular weight is 235 g/mol. The number of nitrogens with zero attached hydrogens (tertiary/aromatic N) is 2. The van der Waals surface area contributed by atoms with E-state index in [1.54, 1.807) is 11.3 Å². The molecule has 3 nitrogen and oxygen atoms in total. The van der Waals surface area contributed by atoms with Crippen molar-refractivity contribution >= 4 is 27.4 Å². The minimum Gasteiger partial charge on any atom is -0.372 e. The first-order valence-corrected chi connectivity index (χ1v) is 6.51. The van der Waals surface area contributed by atoms with Crippen LogP contribution in [0.3, 0.4) is 0 Å². The topological polar surface area (TPSA) is 37.8 Å². The van der Waals surface area contributed by atoms with Crippen molar-refractivity contribution in [2.45, 2.75) is 33.1 Å². The lowest BCUT2D eigenvalue weighted by Gasteiger charge is -2.04. The molecule has 0 fully saturated rings. The summed E-state index contributed by atoms with van der Waals surface area (Å²) in [4.78, 5) is 11.5. The number of hydrogen-bond acceptors (Lipinski definition) is 4. The van der Waals surface area contributed by atoms with E-state index in [1.807, 2.05) is 7.05 Å². The zero-order valence-electron chi connectivity index (χ0n) is 10.0. The monoisotopic (exact) mass is 235 g/mol. The molecule has 0 bridgehead atoms. The van der Waals surface area contributed by atoms with Crippen molar-refractivity contribution in [2.75, 3.05) is 12.4 Å². The Morgan fingerprint density at radius 1 is 1.38 bits per heavy atom. The lowest BCUT2D eigenvalue weighted by atomic mass is 10.2. The Hall–Kier alpha value is -1.16. The van der Waals surface area contributed by atoms with E-state index < -0.39 is 0 Å². The zero-order chi connectivity index (χ0) is 11.5. The molecule has 0 spiro atoms. The molecule has 1 N–H and O–H groups in total. The third-order valence-corrected chi connectivity index (χ3v) is 3.50. The van der Waals surface area contributed by atoms with Crippen LogP contribution in [0.5, 0.6) is 0 Å². The molecule has 0 atom stereocenters. The molecule has 0 saturated heterocycles. The van der Waals surface area contributed by atoms with Crippen LogP contribution < -0.4 is 5.32 Å². The molecule has 2 aromatic rings. The molecule has 0 aliphatic carbocycles. The van der Waals surface area contributed by atoms with Crippen LogP contribution in [0.2, 0.25) is 0 Å². The Kier molecular flexibility index (Phi) is 3.39. The van der Waals surface area contributed by atoms with Crippen molar-refractivity contribution in [3.05, 3.63) is 16.8 Å². The number of rotatable bonds is 4. The molecule has 2 heterocycles. The summed E-state index contributed by atoms with van der Waals surface area (Å²) in [6.45, 7) is 4.30. The Morgan fingerprint density at radius 3 is 2.88 bits per heavy atom. The lowest BCUT2D eigenvalue weighted by Crippen LogP contribution is -2.00. The molecule has 0 saturated carbocycles. The van der Waals surface area contributed by atoms with Crippen molar-refractivity contribution in [1.82, 2.24) is 9.97 Å². The van der Waals surface area contributed by atoms with E-state index in [-0.39, 0.29) is 0 Å². The summed E-state index contributed by atoms with van der Waals surface area (Å²) in [5.74, 6) is 1.92. The molecular weight excluding hydrogens is 218 g/mol. The Morgan fingerprint density at radius 2 is 2.19 bits per heavy atom. The summed E-state index contributed by atoms with van der Waals surface area (Å²) in [7, 11) is 1.92. The lowest BCUT2D eigenvalue weighted by molar-refractivity contribution is 0.758. The largest absolute Gasteiger partial charge is 0.372 e. The second-order valence-corrected chi connectivity index (χ2v) is 5.15. The molecule has 2 rings (SSSR count). The van der Waals surface area contributed by atoms with Crippen LogP contribution in [0.4, 0.5) is 5.82 Å². The van der Waals surface area contributed by atoms with E-state index in [2.05, 4.69) is 35.2 Å². The van der Waals surface area contributed by atoms with Gasteiger partial charge >= 0.3 is 0 Å². The van der Waals surface area contributed by atoms with Crippen molar-refractivity contribution < 1.29 is 0 Å². The molecule has 4 heteroatoms. The average Bonchev–Trinajstić information content (AvgIpc) is 2.65. The van der Waals surface area contributed by atoms with E-state index in [9.17, 15) is 0 Å². The van der Waals surface area contributed by atoms with Crippen LogP contribution in [0.15, 0.2) is 6.07 Å². The molecule has 0 radical (unpaired) electrons. The number of hydrogen-bond donors (Lipinski definition) is 1. The second kappa shape index (κ2) is 4.78.